The maximum absolute atomic E-state index is 12.4. The van der Waals surface area contributed by atoms with E-state index in [1.165, 1.54) is 25.7 Å². The lowest BCUT2D eigenvalue weighted by Crippen LogP contribution is -2.55. The number of carbonyl (C=O) groups excluding carboxylic acids is 1. The summed E-state index contributed by atoms with van der Waals surface area (Å²) in [7, 11) is 0. The van der Waals surface area contributed by atoms with Crippen LogP contribution in [-0.2, 0) is 4.79 Å². The third kappa shape index (κ3) is 3.69. The smallest absolute Gasteiger partial charge is 0.237 e. The zero-order valence-corrected chi connectivity index (χ0v) is 12.4. The second-order valence-corrected chi connectivity index (χ2v) is 6.48. The van der Waals surface area contributed by atoms with Crippen LogP contribution in [0.15, 0.2) is 0 Å². The van der Waals surface area contributed by atoms with Crippen molar-refractivity contribution >= 4 is 5.91 Å². The van der Waals surface area contributed by atoms with Gasteiger partial charge in [0.2, 0.25) is 5.91 Å². The minimum Gasteiger partial charge on any atom is -0.330 e. The third-order valence-electron chi connectivity index (χ3n) is 4.92. The molecule has 1 saturated carbocycles. The Morgan fingerprint density at radius 1 is 1.16 bits per heavy atom. The Morgan fingerprint density at radius 3 is 2.42 bits per heavy atom. The maximum atomic E-state index is 12.4. The number of rotatable bonds is 3. The summed E-state index contributed by atoms with van der Waals surface area (Å²) >= 11 is 0. The molecule has 1 aliphatic heterocycles. The molecule has 19 heavy (non-hydrogen) atoms. The second-order valence-electron chi connectivity index (χ2n) is 6.48. The number of amides is 1. The summed E-state index contributed by atoms with van der Waals surface area (Å²) in [6.07, 6.45) is 7.97. The number of piperidine rings is 1. The lowest BCUT2D eigenvalue weighted by molar-refractivity contribution is -0.134. The van der Waals surface area contributed by atoms with E-state index in [-0.39, 0.29) is 11.8 Å². The molecule has 0 aromatic carbocycles. The first kappa shape index (κ1) is 14.8. The van der Waals surface area contributed by atoms with E-state index in [1.807, 2.05) is 0 Å². The highest BCUT2D eigenvalue weighted by Gasteiger charge is 2.31. The minimum absolute atomic E-state index is 0.170. The van der Waals surface area contributed by atoms with Gasteiger partial charge < -0.3 is 5.73 Å². The van der Waals surface area contributed by atoms with Crippen LogP contribution < -0.4 is 11.2 Å². The Bertz CT molecular complexity index is 298. The van der Waals surface area contributed by atoms with Crippen LogP contribution in [-0.4, -0.2) is 29.5 Å². The van der Waals surface area contributed by atoms with E-state index in [2.05, 4.69) is 24.3 Å². The standard InChI is InChI=1S/C15H29N3O/c1-11-5-3-6-12(2)18(11)17-15(19)14-8-4-7-13(9-14)10-16/h11-14H,3-10,16H2,1-2H3,(H,17,19). The molecule has 2 fully saturated rings. The first-order valence-electron chi connectivity index (χ1n) is 7.90. The summed E-state index contributed by atoms with van der Waals surface area (Å²) in [4.78, 5) is 12.4. The molecule has 0 radical (unpaired) electrons. The van der Waals surface area contributed by atoms with Crippen molar-refractivity contribution in [2.24, 2.45) is 17.6 Å². The summed E-state index contributed by atoms with van der Waals surface area (Å²) in [6.45, 7) is 5.14. The molecule has 2 aliphatic rings. The first-order valence-corrected chi connectivity index (χ1v) is 7.90. The summed E-state index contributed by atoms with van der Waals surface area (Å²) < 4.78 is 0. The van der Waals surface area contributed by atoms with Gasteiger partial charge in [0.15, 0.2) is 0 Å². The average Bonchev–Trinajstić information content (AvgIpc) is 2.43. The molecule has 110 valence electrons. The van der Waals surface area contributed by atoms with Crippen molar-refractivity contribution in [2.75, 3.05) is 6.54 Å². The molecule has 2 rings (SSSR count). The van der Waals surface area contributed by atoms with E-state index >= 15 is 0 Å². The van der Waals surface area contributed by atoms with Crippen molar-refractivity contribution in [3.63, 3.8) is 0 Å². The van der Waals surface area contributed by atoms with Gasteiger partial charge in [-0.25, -0.2) is 5.01 Å². The van der Waals surface area contributed by atoms with E-state index < -0.39 is 0 Å². The van der Waals surface area contributed by atoms with Crippen LogP contribution in [0.25, 0.3) is 0 Å². The number of hydrogen-bond donors (Lipinski definition) is 2. The Hall–Kier alpha value is -0.610. The molecule has 1 aliphatic carbocycles. The summed E-state index contributed by atoms with van der Waals surface area (Å²) in [5.41, 5.74) is 8.94. The quantitative estimate of drug-likeness (QED) is 0.823. The molecule has 1 amide bonds. The SMILES string of the molecule is CC1CCCC(C)N1NC(=O)C1CCCC(CN)C1. The molecule has 1 heterocycles. The van der Waals surface area contributed by atoms with E-state index in [4.69, 9.17) is 5.73 Å². The molecule has 0 aromatic rings. The predicted octanol–water partition coefficient (Wildman–Crippen LogP) is 2.05. The van der Waals surface area contributed by atoms with Crippen LogP contribution in [0.5, 0.6) is 0 Å². The monoisotopic (exact) mass is 267 g/mol. The van der Waals surface area contributed by atoms with Gasteiger partial charge in [-0.2, -0.15) is 0 Å². The topological polar surface area (TPSA) is 58.4 Å². The van der Waals surface area contributed by atoms with Crippen LogP contribution in [0.1, 0.15) is 58.8 Å². The van der Waals surface area contributed by atoms with Crippen molar-refractivity contribution < 1.29 is 4.79 Å². The van der Waals surface area contributed by atoms with Gasteiger partial charge >= 0.3 is 0 Å². The lowest BCUT2D eigenvalue weighted by atomic mass is 9.81. The van der Waals surface area contributed by atoms with Gasteiger partial charge in [0.1, 0.15) is 0 Å². The molecule has 3 N–H and O–H groups in total. The zero-order valence-electron chi connectivity index (χ0n) is 12.4. The average molecular weight is 267 g/mol. The molecule has 0 spiro atoms. The molecule has 1 saturated heterocycles. The van der Waals surface area contributed by atoms with Crippen molar-refractivity contribution in [3.05, 3.63) is 0 Å². The van der Waals surface area contributed by atoms with Crippen molar-refractivity contribution in [1.29, 1.82) is 0 Å². The van der Waals surface area contributed by atoms with Crippen LogP contribution in [0.4, 0.5) is 0 Å². The number of hydrogen-bond acceptors (Lipinski definition) is 3. The van der Waals surface area contributed by atoms with Crippen LogP contribution in [0.3, 0.4) is 0 Å². The Balaban J connectivity index is 1.88. The molecule has 4 unspecified atom stereocenters. The fraction of sp³-hybridized carbons (Fsp3) is 0.933. The van der Waals surface area contributed by atoms with Gasteiger partial charge in [-0.3, -0.25) is 10.2 Å². The molecule has 4 nitrogen and oxygen atoms in total. The van der Waals surface area contributed by atoms with E-state index in [1.54, 1.807) is 0 Å². The number of nitrogens with two attached hydrogens (primary N) is 1. The molecule has 0 bridgehead atoms. The minimum atomic E-state index is 0.170. The number of nitrogens with one attached hydrogen (secondary N) is 1. The van der Waals surface area contributed by atoms with E-state index in [0.717, 1.165) is 25.8 Å². The fourth-order valence-corrected chi connectivity index (χ4v) is 3.60. The lowest BCUT2D eigenvalue weighted by Gasteiger charge is -2.40. The second kappa shape index (κ2) is 6.71. The zero-order chi connectivity index (χ0) is 13.8. The van der Waals surface area contributed by atoms with Crippen molar-refractivity contribution in [1.82, 2.24) is 10.4 Å². The number of nitrogens with zero attached hydrogens (tertiary/aromatic N) is 1. The number of carbonyl (C=O) groups is 1. The first-order chi connectivity index (χ1) is 9.11. The van der Waals surface area contributed by atoms with Crippen molar-refractivity contribution in [2.45, 2.75) is 70.9 Å². The van der Waals surface area contributed by atoms with Crippen LogP contribution in [0, 0.1) is 11.8 Å². The number of hydrazine groups is 1. The van der Waals surface area contributed by atoms with Crippen molar-refractivity contribution in [3.8, 4) is 0 Å². The largest absolute Gasteiger partial charge is 0.330 e. The molecular formula is C15H29N3O. The van der Waals surface area contributed by atoms with Gasteiger partial charge in [-0.15, -0.1) is 0 Å². The van der Waals surface area contributed by atoms with Gasteiger partial charge in [0, 0.05) is 18.0 Å². The maximum Gasteiger partial charge on any atom is 0.237 e. The highest BCUT2D eigenvalue weighted by molar-refractivity contribution is 5.78. The normalized spacial score (nSPS) is 37.0. The molecule has 4 atom stereocenters. The third-order valence-corrected chi connectivity index (χ3v) is 4.92. The summed E-state index contributed by atoms with van der Waals surface area (Å²) in [6, 6.07) is 0.920. The molecule has 4 heteroatoms. The van der Waals surface area contributed by atoms with Gasteiger partial charge in [-0.1, -0.05) is 12.8 Å². The van der Waals surface area contributed by atoms with E-state index in [0.29, 0.717) is 18.0 Å². The van der Waals surface area contributed by atoms with E-state index in [9.17, 15) is 4.79 Å². The molecule has 0 aromatic heterocycles. The Morgan fingerprint density at radius 2 is 1.79 bits per heavy atom. The summed E-state index contributed by atoms with van der Waals surface area (Å²) in [5.74, 6) is 0.933. The predicted molar refractivity (Wildman–Crippen MR) is 77.3 cm³/mol. The Kier molecular flexibility index (Phi) is 5.22. The highest BCUT2D eigenvalue weighted by atomic mass is 16.2. The fourth-order valence-electron chi connectivity index (χ4n) is 3.60. The van der Waals surface area contributed by atoms with Crippen LogP contribution in [0.2, 0.25) is 0 Å². The van der Waals surface area contributed by atoms with Gasteiger partial charge in [0.25, 0.3) is 0 Å². The Labute approximate surface area is 117 Å². The highest BCUT2D eigenvalue weighted by Crippen LogP contribution is 2.29. The molecular weight excluding hydrogens is 238 g/mol. The van der Waals surface area contributed by atoms with Gasteiger partial charge in [0.05, 0.1) is 0 Å². The summed E-state index contributed by atoms with van der Waals surface area (Å²) in [5, 5.41) is 2.18. The van der Waals surface area contributed by atoms with Gasteiger partial charge in [-0.05, 0) is 58.4 Å². The van der Waals surface area contributed by atoms with Crippen LogP contribution >= 0.6 is 0 Å².